The first-order chi connectivity index (χ1) is 14.8. The highest BCUT2D eigenvalue weighted by Gasteiger charge is 2.28. The summed E-state index contributed by atoms with van der Waals surface area (Å²) in [7, 11) is 0. The van der Waals surface area contributed by atoms with Crippen molar-refractivity contribution >= 4 is 28.3 Å². The van der Waals surface area contributed by atoms with Crippen LogP contribution in [0.2, 0.25) is 0 Å². The molecule has 168 valence electrons. The second-order valence-corrected chi connectivity index (χ2v) is 8.82. The van der Waals surface area contributed by atoms with Crippen molar-refractivity contribution in [3.8, 4) is 0 Å². The fourth-order valence-electron chi connectivity index (χ4n) is 3.58. The normalized spacial score (nSPS) is 16.5. The van der Waals surface area contributed by atoms with Crippen LogP contribution in [0.15, 0.2) is 24.4 Å². The number of piperidine rings is 1. The summed E-state index contributed by atoms with van der Waals surface area (Å²) in [5, 5.41) is 5.95. The van der Waals surface area contributed by atoms with Gasteiger partial charge in [0.15, 0.2) is 16.8 Å². The maximum atomic E-state index is 13.6. The highest BCUT2D eigenvalue weighted by atomic mass is 32.1. The maximum Gasteiger partial charge on any atom is 0.243 e. The average molecular weight is 452 g/mol. The highest BCUT2D eigenvalue weighted by molar-refractivity contribution is 7.15. The second-order valence-electron chi connectivity index (χ2n) is 7.67. The lowest BCUT2D eigenvalue weighted by atomic mass is 10.0. The van der Waals surface area contributed by atoms with Crippen LogP contribution in [0.1, 0.15) is 36.6 Å². The zero-order chi connectivity index (χ0) is 22.4. The van der Waals surface area contributed by atoms with Gasteiger partial charge in [-0.3, -0.25) is 14.5 Å². The fourth-order valence-corrected chi connectivity index (χ4v) is 4.20. The lowest BCUT2D eigenvalue weighted by molar-refractivity contribution is -0.132. The first kappa shape index (κ1) is 23.1. The standard InChI is InChI=1S/C21H27F2N5O2S/c1-13(28-7-3-2-4-8-28)19(29)27-18(10-14-5-6-16(22)17(23)9-14)20(30)25-11-15-12-26-21(24)31-15/h5-6,9,12-13,18H,2-4,7-8,10-11H2,1H3,(H2,24,26)(H,25,30)(H,27,29)/t13-,18+/m1/s1. The predicted molar refractivity (Wildman–Crippen MR) is 115 cm³/mol. The molecule has 1 fully saturated rings. The maximum absolute atomic E-state index is 13.6. The number of nitrogen functional groups attached to an aromatic ring is 1. The molecule has 2 atom stereocenters. The number of benzene rings is 1. The molecule has 1 saturated heterocycles. The average Bonchev–Trinajstić information content (AvgIpc) is 3.19. The minimum atomic E-state index is -0.996. The minimum Gasteiger partial charge on any atom is -0.375 e. The van der Waals surface area contributed by atoms with Crippen LogP contribution < -0.4 is 16.4 Å². The monoisotopic (exact) mass is 451 g/mol. The number of rotatable bonds is 8. The van der Waals surface area contributed by atoms with Crippen molar-refractivity contribution in [1.29, 1.82) is 0 Å². The van der Waals surface area contributed by atoms with Crippen molar-refractivity contribution in [2.24, 2.45) is 0 Å². The van der Waals surface area contributed by atoms with Gasteiger partial charge < -0.3 is 16.4 Å². The van der Waals surface area contributed by atoms with Crippen molar-refractivity contribution in [2.75, 3.05) is 18.8 Å². The number of amides is 2. The lowest BCUT2D eigenvalue weighted by Crippen LogP contribution is -2.54. The molecule has 0 radical (unpaired) electrons. The Bertz CT molecular complexity index is 917. The number of carbonyl (C=O) groups excluding carboxylic acids is 2. The largest absolute Gasteiger partial charge is 0.375 e. The van der Waals surface area contributed by atoms with Gasteiger partial charge in [-0.15, -0.1) is 11.3 Å². The molecule has 0 saturated carbocycles. The molecule has 0 spiro atoms. The Balaban J connectivity index is 1.69. The van der Waals surface area contributed by atoms with Gasteiger partial charge in [-0.25, -0.2) is 13.8 Å². The van der Waals surface area contributed by atoms with E-state index < -0.39 is 23.6 Å². The summed E-state index contributed by atoms with van der Waals surface area (Å²) in [6.07, 6.45) is 4.82. The summed E-state index contributed by atoms with van der Waals surface area (Å²) in [6, 6.07) is 2.14. The number of hydrogen-bond acceptors (Lipinski definition) is 6. The number of nitrogens with two attached hydrogens (primary N) is 1. The lowest BCUT2D eigenvalue weighted by Gasteiger charge is -2.32. The number of halogens is 2. The van der Waals surface area contributed by atoms with Crippen LogP contribution in [-0.2, 0) is 22.6 Å². The number of likely N-dealkylation sites (tertiary alicyclic amines) is 1. The van der Waals surface area contributed by atoms with Crippen molar-refractivity contribution in [3.05, 3.63) is 46.5 Å². The van der Waals surface area contributed by atoms with Gasteiger partial charge in [-0.2, -0.15) is 0 Å². The smallest absolute Gasteiger partial charge is 0.243 e. The molecule has 2 amide bonds. The Labute approximate surface area is 184 Å². The molecular formula is C21H27F2N5O2S. The number of carbonyl (C=O) groups is 2. The van der Waals surface area contributed by atoms with E-state index in [4.69, 9.17) is 5.73 Å². The van der Waals surface area contributed by atoms with Crippen LogP contribution in [0, 0.1) is 11.6 Å². The van der Waals surface area contributed by atoms with Gasteiger partial charge in [0.25, 0.3) is 0 Å². The summed E-state index contributed by atoms with van der Waals surface area (Å²) in [4.78, 5) is 32.5. The van der Waals surface area contributed by atoms with E-state index in [1.165, 1.54) is 17.4 Å². The molecule has 0 unspecified atom stereocenters. The third-order valence-corrected chi connectivity index (χ3v) is 6.21. The van der Waals surface area contributed by atoms with E-state index in [0.29, 0.717) is 10.7 Å². The molecule has 0 bridgehead atoms. The number of nitrogens with one attached hydrogen (secondary N) is 2. The summed E-state index contributed by atoms with van der Waals surface area (Å²) >= 11 is 1.25. The van der Waals surface area contributed by atoms with Gasteiger partial charge in [0, 0.05) is 17.5 Å². The molecule has 2 aromatic rings. The van der Waals surface area contributed by atoms with Gasteiger partial charge >= 0.3 is 0 Å². The minimum absolute atomic E-state index is 0.0341. The van der Waals surface area contributed by atoms with Crippen molar-refractivity contribution < 1.29 is 18.4 Å². The summed E-state index contributed by atoms with van der Waals surface area (Å²) < 4.78 is 26.9. The molecule has 4 N–H and O–H groups in total. The molecular weight excluding hydrogens is 424 g/mol. The molecule has 1 aromatic heterocycles. The highest BCUT2D eigenvalue weighted by Crippen LogP contribution is 2.15. The van der Waals surface area contributed by atoms with Crippen LogP contribution in [0.25, 0.3) is 0 Å². The molecule has 31 heavy (non-hydrogen) atoms. The first-order valence-electron chi connectivity index (χ1n) is 10.3. The van der Waals surface area contributed by atoms with Crippen LogP contribution in [-0.4, -0.2) is 46.9 Å². The Hall–Kier alpha value is -2.59. The van der Waals surface area contributed by atoms with Gasteiger partial charge in [-0.1, -0.05) is 12.5 Å². The summed E-state index contributed by atoms with van der Waals surface area (Å²) in [5.41, 5.74) is 6.02. The summed E-state index contributed by atoms with van der Waals surface area (Å²) in [6.45, 7) is 3.69. The van der Waals surface area contributed by atoms with Crippen LogP contribution >= 0.6 is 11.3 Å². The molecule has 0 aliphatic carbocycles. The zero-order valence-electron chi connectivity index (χ0n) is 17.4. The van der Waals surface area contributed by atoms with Gasteiger partial charge in [0.2, 0.25) is 11.8 Å². The van der Waals surface area contributed by atoms with E-state index >= 15 is 0 Å². The number of nitrogens with zero attached hydrogens (tertiary/aromatic N) is 2. The van der Waals surface area contributed by atoms with Crippen molar-refractivity contribution in [3.63, 3.8) is 0 Å². The van der Waals surface area contributed by atoms with E-state index in [-0.39, 0.29) is 24.9 Å². The van der Waals surface area contributed by atoms with Gasteiger partial charge in [-0.05, 0) is 50.6 Å². The quantitative estimate of drug-likeness (QED) is 0.572. The topological polar surface area (TPSA) is 100 Å². The summed E-state index contributed by atoms with van der Waals surface area (Å²) in [5.74, 6) is -2.65. The first-order valence-corrected chi connectivity index (χ1v) is 11.1. The number of aromatic nitrogens is 1. The second kappa shape index (κ2) is 10.6. The molecule has 10 heteroatoms. The van der Waals surface area contributed by atoms with Gasteiger partial charge in [0.05, 0.1) is 12.6 Å². The van der Waals surface area contributed by atoms with Crippen molar-refractivity contribution in [1.82, 2.24) is 20.5 Å². The SMILES string of the molecule is C[C@H](C(=O)N[C@@H](Cc1ccc(F)c(F)c1)C(=O)NCc1cnc(N)s1)N1CCCCC1. The molecule has 2 heterocycles. The van der Waals surface area contributed by atoms with E-state index in [1.54, 1.807) is 6.20 Å². The van der Waals surface area contributed by atoms with E-state index in [9.17, 15) is 18.4 Å². The number of hydrogen-bond donors (Lipinski definition) is 3. The van der Waals surface area contributed by atoms with E-state index in [2.05, 4.69) is 20.5 Å². The van der Waals surface area contributed by atoms with Crippen LogP contribution in [0.5, 0.6) is 0 Å². The van der Waals surface area contributed by atoms with Crippen molar-refractivity contribution in [2.45, 2.75) is 51.2 Å². The zero-order valence-corrected chi connectivity index (χ0v) is 18.2. The molecule has 3 rings (SSSR count). The number of anilines is 1. The Morgan fingerprint density at radius 3 is 2.58 bits per heavy atom. The van der Waals surface area contributed by atoms with E-state index in [1.807, 2.05) is 6.92 Å². The van der Waals surface area contributed by atoms with Crippen LogP contribution in [0.3, 0.4) is 0 Å². The molecule has 7 nitrogen and oxygen atoms in total. The molecule has 1 aliphatic rings. The van der Waals surface area contributed by atoms with Gasteiger partial charge in [0.1, 0.15) is 6.04 Å². The third-order valence-electron chi connectivity index (χ3n) is 5.38. The Morgan fingerprint density at radius 1 is 1.19 bits per heavy atom. The van der Waals surface area contributed by atoms with E-state index in [0.717, 1.165) is 49.4 Å². The van der Waals surface area contributed by atoms with Crippen LogP contribution in [0.4, 0.5) is 13.9 Å². The predicted octanol–water partition coefficient (Wildman–Crippen LogP) is 2.22. The number of thiazole rings is 1. The molecule has 1 aliphatic heterocycles. The Morgan fingerprint density at radius 2 is 1.94 bits per heavy atom. The third kappa shape index (κ3) is 6.44. The fraction of sp³-hybridized carbons (Fsp3) is 0.476. The molecule has 1 aromatic carbocycles. The Kier molecular flexibility index (Phi) is 7.91.